The Bertz CT molecular complexity index is 1540. The summed E-state index contributed by atoms with van der Waals surface area (Å²) >= 11 is 0. The predicted molar refractivity (Wildman–Crippen MR) is 230 cm³/mol. The average molecular weight is 931 g/mol. The summed E-state index contributed by atoms with van der Waals surface area (Å²) in [5.41, 5.74) is -4.32. The van der Waals surface area contributed by atoms with E-state index in [4.69, 9.17) is 52.1 Å². The summed E-state index contributed by atoms with van der Waals surface area (Å²) in [6.07, 6.45) is 9.01. The quantitative estimate of drug-likeness (QED) is 0.0508. The minimum Gasteiger partial charge on any atom is -0.462 e. The highest BCUT2D eigenvalue weighted by Gasteiger charge is 2.41. The first-order chi connectivity index (χ1) is 31.3. The summed E-state index contributed by atoms with van der Waals surface area (Å²) in [6.45, 7) is 27.6. The third-order valence-electron chi connectivity index (χ3n) is 7.69. The van der Waals surface area contributed by atoms with Crippen molar-refractivity contribution in [3.8, 4) is 0 Å². The van der Waals surface area contributed by atoms with Crippen LogP contribution in [-0.2, 0) is 100 Å². The number of ether oxygens (including phenoxy) is 11. The van der Waals surface area contributed by atoms with Crippen LogP contribution in [0.25, 0.3) is 0 Å². The van der Waals surface area contributed by atoms with E-state index in [1.54, 1.807) is 0 Å². The van der Waals surface area contributed by atoms with Crippen LogP contribution < -0.4 is 0 Å². The minimum atomic E-state index is -1.49. The van der Waals surface area contributed by atoms with E-state index in [0.29, 0.717) is 0 Å². The van der Waals surface area contributed by atoms with Crippen molar-refractivity contribution >= 4 is 59.7 Å². The molecule has 0 bridgehead atoms. The molecule has 0 spiro atoms. The second-order valence-corrected chi connectivity index (χ2v) is 13.1. The average Bonchev–Trinajstić information content (AvgIpc) is 3.34. The van der Waals surface area contributed by atoms with Gasteiger partial charge in [-0.2, -0.15) is 0 Å². The van der Waals surface area contributed by atoms with E-state index >= 15 is 0 Å². The molecule has 0 rings (SSSR count). The highest BCUT2D eigenvalue weighted by molar-refractivity contribution is 5.84. The number of carbonyl (C=O) groups is 10. The van der Waals surface area contributed by atoms with Gasteiger partial charge >= 0.3 is 59.7 Å². The standard InChI is InChI=1S/C28H34O13.C17H20O8/c1-7-21(29)36-15-27(16-37-22(30)8-2,17-38-23(31)9-3)13-35-14-28(18-39-24(32)10-4,19-40-25(33)11-5)20-41-26(34)12-6;1-5-13(18)22-9-17(10-23-14(19)6-2,11-24-15(20)7-3)12-25-16(21)8-4/h7-12H,1-6,13-20H2;5-8H,1-4,9-12H2. The van der Waals surface area contributed by atoms with Crippen LogP contribution in [0, 0.1) is 16.2 Å². The van der Waals surface area contributed by atoms with Crippen molar-refractivity contribution < 1.29 is 100 Å². The Kier molecular flexibility index (Phi) is 30.6. The molecule has 0 atom stereocenters. The van der Waals surface area contributed by atoms with Crippen LogP contribution in [-0.4, -0.2) is 139 Å². The predicted octanol–water partition coefficient (Wildman–Crippen LogP) is 2.24. The Labute approximate surface area is 381 Å². The van der Waals surface area contributed by atoms with Gasteiger partial charge in [-0.3, -0.25) is 0 Å². The molecule has 0 unspecified atom stereocenters. The zero-order valence-electron chi connectivity index (χ0n) is 36.4. The second-order valence-electron chi connectivity index (χ2n) is 13.1. The molecule has 0 saturated carbocycles. The zero-order valence-corrected chi connectivity index (χ0v) is 36.4. The van der Waals surface area contributed by atoms with Crippen molar-refractivity contribution in [2.45, 2.75) is 0 Å². The fraction of sp³-hybridized carbons (Fsp3) is 0.333. The maximum atomic E-state index is 11.8. The molecule has 66 heavy (non-hydrogen) atoms. The Balaban J connectivity index is 0. The highest BCUT2D eigenvalue weighted by atomic mass is 16.6. The summed E-state index contributed by atoms with van der Waals surface area (Å²) < 4.78 is 56.5. The van der Waals surface area contributed by atoms with E-state index in [9.17, 15) is 47.9 Å². The Hall–Kier alpha value is -7.94. The number of rotatable bonds is 34. The summed E-state index contributed by atoms with van der Waals surface area (Å²) in [7, 11) is 0. The van der Waals surface area contributed by atoms with Gasteiger partial charge < -0.3 is 52.1 Å². The van der Waals surface area contributed by atoms with Crippen molar-refractivity contribution in [3.05, 3.63) is 127 Å². The Morgan fingerprint density at radius 1 is 0.227 bits per heavy atom. The second kappa shape index (κ2) is 33.6. The molecule has 21 heteroatoms. The Morgan fingerprint density at radius 2 is 0.333 bits per heavy atom. The van der Waals surface area contributed by atoms with Crippen molar-refractivity contribution in [3.63, 3.8) is 0 Å². The van der Waals surface area contributed by atoms with E-state index in [-0.39, 0.29) is 26.4 Å². The van der Waals surface area contributed by atoms with Crippen LogP contribution in [0.5, 0.6) is 0 Å². The molecule has 360 valence electrons. The highest BCUT2D eigenvalue weighted by Crippen LogP contribution is 2.26. The van der Waals surface area contributed by atoms with E-state index in [0.717, 1.165) is 60.8 Å². The summed E-state index contributed by atoms with van der Waals surface area (Å²) in [5.74, 6) is -8.05. The lowest BCUT2D eigenvalue weighted by Gasteiger charge is -2.35. The van der Waals surface area contributed by atoms with Crippen LogP contribution in [0.2, 0.25) is 0 Å². The Morgan fingerprint density at radius 3 is 0.439 bits per heavy atom. The van der Waals surface area contributed by atoms with E-state index in [1.165, 1.54) is 0 Å². The molecular weight excluding hydrogens is 876 g/mol. The minimum absolute atomic E-state index is 0.378. The molecule has 0 radical (unpaired) electrons. The van der Waals surface area contributed by atoms with Crippen molar-refractivity contribution in [1.82, 2.24) is 0 Å². The fourth-order valence-corrected chi connectivity index (χ4v) is 4.07. The first-order valence-corrected chi connectivity index (χ1v) is 18.8. The molecule has 0 aromatic carbocycles. The summed E-state index contributed by atoms with van der Waals surface area (Å²) in [5, 5.41) is 0. The monoisotopic (exact) mass is 930 g/mol. The molecule has 0 aromatic heterocycles. The lowest BCUT2D eigenvalue weighted by atomic mass is 9.90. The first-order valence-electron chi connectivity index (χ1n) is 18.8. The third kappa shape index (κ3) is 26.5. The van der Waals surface area contributed by atoms with Crippen LogP contribution in [0.4, 0.5) is 0 Å². The van der Waals surface area contributed by atoms with E-state index in [1.807, 2.05) is 0 Å². The molecule has 0 heterocycles. The smallest absolute Gasteiger partial charge is 0.330 e. The molecule has 0 fully saturated rings. The molecule has 21 nitrogen and oxygen atoms in total. The molecule has 0 aliphatic heterocycles. The van der Waals surface area contributed by atoms with E-state index < -0.39 is 129 Å². The van der Waals surface area contributed by atoms with Gasteiger partial charge in [-0.25, -0.2) is 47.9 Å². The van der Waals surface area contributed by atoms with Gasteiger partial charge in [0.15, 0.2) is 0 Å². The summed E-state index contributed by atoms with van der Waals surface area (Å²) in [6, 6.07) is 0. The fourth-order valence-electron chi connectivity index (χ4n) is 4.07. The molecule has 0 saturated heterocycles. The van der Waals surface area contributed by atoms with E-state index in [2.05, 4.69) is 65.8 Å². The molecular formula is C45H54O21. The molecule has 0 aliphatic carbocycles. The summed E-state index contributed by atoms with van der Waals surface area (Å²) in [4.78, 5) is 116. The van der Waals surface area contributed by atoms with Gasteiger partial charge in [0.1, 0.15) is 71.5 Å². The normalized spacial score (nSPS) is 10.3. The number of hydrogen-bond acceptors (Lipinski definition) is 21. The molecule has 0 aliphatic rings. The van der Waals surface area contributed by atoms with Gasteiger partial charge in [0.25, 0.3) is 0 Å². The topological polar surface area (TPSA) is 272 Å². The number of hydrogen-bond donors (Lipinski definition) is 0. The van der Waals surface area contributed by atoms with Crippen LogP contribution in [0.15, 0.2) is 127 Å². The zero-order chi connectivity index (χ0) is 50.6. The maximum Gasteiger partial charge on any atom is 0.330 e. The lowest BCUT2D eigenvalue weighted by Crippen LogP contribution is -2.47. The molecule has 0 N–H and O–H groups in total. The SMILES string of the molecule is C=CC(=O)OCC(COC(=O)C=C)(COC(=O)C=C)COC(=O)C=C.C=CC(=O)OCC(COCC(COC(=O)C=C)(COC(=O)C=C)COC(=O)C=C)(COC(=O)C=C)COC(=O)C=C. The van der Waals surface area contributed by atoms with Gasteiger partial charge in [0, 0.05) is 60.8 Å². The van der Waals surface area contributed by atoms with Gasteiger partial charge in [-0.1, -0.05) is 65.8 Å². The van der Waals surface area contributed by atoms with Crippen molar-refractivity contribution in [2.75, 3.05) is 79.3 Å². The van der Waals surface area contributed by atoms with Crippen LogP contribution in [0.3, 0.4) is 0 Å². The maximum absolute atomic E-state index is 11.8. The van der Waals surface area contributed by atoms with Gasteiger partial charge in [0.05, 0.1) is 24.0 Å². The third-order valence-corrected chi connectivity index (χ3v) is 7.69. The largest absolute Gasteiger partial charge is 0.462 e. The van der Waals surface area contributed by atoms with Crippen molar-refractivity contribution in [2.24, 2.45) is 16.2 Å². The number of esters is 10. The van der Waals surface area contributed by atoms with Gasteiger partial charge in [-0.05, 0) is 0 Å². The van der Waals surface area contributed by atoms with Gasteiger partial charge in [0.2, 0.25) is 0 Å². The van der Waals surface area contributed by atoms with Crippen LogP contribution >= 0.6 is 0 Å². The van der Waals surface area contributed by atoms with Crippen molar-refractivity contribution in [1.29, 1.82) is 0 Å². The number of carbonyl (C=O) groups excluding carboxylic acids is 10. The van der Waals surface area contributed by atoms with Gasteiger partial charge in [-0.15, -0.1) is 0 Å². The lowest BCUT2D eigenvalue weighted by molar-refractivity contribution is -0.171. The van der Waals surface area contributed by atoms with Crippen LogP contribution in [0.1, 0.15) is 0 Å². The molecule has 0 amide bonds. The molecule has 0 aromatic rings. The first kappa shape index (κ1) is 60.1.